The van der Waals surface area contributed by atoms with Crippen LogP contribution in [0.1, 0.15) is 5.56 Å². The Morgan fingerprint density at radius 2 is 2.11 bits per heavy atom. The molecule has 0 atom stereocenters. The largest absolute Gasteiger partial charge is 0.497 e. The lowest BCUT2D eigenvalue weighted by Crippen LogP contribution is -2.07. The highest BCUT2D eigenvalue weighted by Crippen LogP contribution is 2.24. The summed E-state index contributed by atoms with van der Waals surface area (Å²) in [4.78, 5) is 7.71. The van der Waals surface area contributed by atoms with Gasteiger partial charge in [-0.05, 0) is 12.1 Å². The number of ether oxygens (including phenoxy) is 1. The molecule has 1 aromatic carbocycles. The first-order valence-electron chi connectivity index (χ1n) is 5.38. The number of hydrogen-bond donors (Lipinski definition) is 3. The first kappa shape index (κ1) is 12.4. The number of nitriles is 1. The summed E-state index contributed by atoms with van der Waals surface area (Å²) in [5.74, 6) is 0.988. The van der Waals surface area contributed by atoms with E-state index in [1.54, 1.807) is 31.4 Å². The van der Waals surface area contributed by atoms with E-state index in [-0.39, 0.29) is 23.1 Å². The number of nitrogens with zero attached hydrogens (tertiary/aromatic N) is 3. The van der Waals surface area contributed by atoms with E-state index in [0.29, 0.717) is 11.4 Å². The van der Waals surface area contributed by atoms with Gasteiger partial charge in [0.1, 0.15) is 23.2 Å². The van der Waals surface area contributed by atoms with Gasteiger partial charge in [0.2, 0.25) is 5.95 Å². The molecule has 96 valence electrons. The smallest absolute Gasteiger partial charge is 0.224 e. The zero-order valence-electron chi connectivity index (χ0n) is 10.2. The van der Waals surface area contributed by atoms with Crippen molar-refractivity contribution in [1.82, 2.24) is 9.97 Å². The van der Waals surface area contributed by atoms with Crippen molar-refractivity contribution < 1.29 is 4.74 Å². The molecule has 1 aromatic heterocycles. The first-order chi connectivity index (χ1) is 9.13. The van der Waals surface area contributed by atoms with Gasteiger partial charge in [0.05, 0.1) is 7.11 Å². The van der Waals surface area contributed by atoms with Gasteiger partial charge in [-0.3, -0.25) is 0 Å². The van der Waals surface area contributed by atoms with Gasteiger partial charge >= 0.3 is 0 Å². The van der Waals surface area contributed by atoms with Crippen LogP contribution in [0.3, 0.4) is 0 Å². The van der Waals surface area contributed by atoms with Crippen molar-refractivity contribution in [3.05, 3.63) is 29.8 Å². The molecule has 0 amide bonds. The van der Waals surface area contributed by atoms with Crippen LogP contribution in [-0.4, -0.2) is 17.1 Å². The first-order valence-corrected chi connectivity index (χ1v) is 5.38. The highest BCUT2D eigenvalue weighted by Gasteiger charge is 2.11. The standard InChI is InChI=1S/C12H12N6O/c1-19-8-4-2-3-7(5-8)16-11-9(6-13)10(14)17-12(15)18-11/h2-5H,1H3,(H5,14,15,16,17,18). The van der Waals surface area contributed by atoms with Gasteiger partial charge in [-0.25, -0.2) is 0 Å². The highest BCUT2D eigenvalue weighted by atomic mass is 16.5. The second-order valence-electron chi connectivity index (χ2n) is 3.66. The molecular formula is C12H12N6O. The van der Waals surface area contributed by atoms with Gasteiger partial charge in [0.25, 0.3) is 0 Å². The van der Waals surface area contributed by atoms with Crippen LogP contribution >= 0.6 is 0 Å². The molecule has 2 aromatic rings. The maximum absolute atomic E-state index is 9.05. The van der Waals surface area contributed by atoms with Gasteiger partial charge in [-0.2, -0.15) is 15.2 Å². The summed E-state index contributed by atoms with van der Waals surface area (Å²) in [6.07, 6.45) is 0. The summed E-state index contributed by atoms with van der Waals surface area (Å²) in [6.45, 7) is 0. The average molecular weight is 256 g/mol. The van der Waals surface area contributed by atoms with E-state index in [4.69, 9.17) is 21.5 Å². The maximum atomic E-state index is 9.05. The number of nitrogens with two attached hydrogens (primary N) is 2. The SMILES string of the molecule is COc1cccc(Nc2nc(N)nc(N)c2C#N)c1. The fraction of sp³-hybridized carbons (Fsp3) is 0.0833. The molecule has 0 aliphatic rings. The van der Waals surface area contributed by atoms with Crippen molar-refractivity contribution in [2.45, 2.75) is 0 Å². The number of aromatic nitrogens is 2. The molecule has 0 fully saturated rings. The third-order valence-corrected chi connectivity index (χ3v) is 2.40. The summed E-state index contributed by atoms with van der Waals surface area (Å²) < 4.78 is 5.11. The van der Waals surface area contributed by atoms with Crippen LogP contribution in [0.15, 0.2) is 24.3 Å². The normalized spacial score (nSPS) is 9.68. The van der Waals surface area contributed by atoms with Crippen LogP contribution in [0.4, 0.5) is 23.3 Å². The zero-order valence-corrected chi connectivity index (χ0v) is 10.2. The van der Waals surface area contributed by atoms with Gasteiger partial charge in [0, 0.05) is 11.8 Å². The van der Waals surface area contributed by atoms with Crippen molar-refractivity contribution in [2.24, 2.45) is 0 Å². The Hall–Kier alpha value is -3.01. The second kappa shape index (κ2) is 5.10. The number of nitrogens with one attached hydrogen (secondary N) is 1. The van der Waals surface area contributed by atoms with Crippen LogP contribution in [0.5, 0.6) is 5.75 Å². The molecule has 0 saturated heterocycles. The molecular weight excluding hydrogens is 244 g/mol. The predicted molar refractivity (Wildman–Crippen MR) is 71.8 cm³/mol. The number of rotatable bonds is 3. The van der Waals surface area contributed by atoms with E-state index in [1.165, 1.54) is 0 Å². The fourth-order valence-electron chi connectivity index (χ4n) is 1.53. The monoisotopic (exact) mass is 256 g/mol. The topological polar surface area (TPSA) is 123 Å². The van der Waals surface area contributed by atoms with Crippen LogP contribution < -0.4 is 21.5 Å². The molecule has 0 bridgehead atoms. The van der Waals surface area contributed by atoms with E-state index in [2.05, 4.69) is 15.3 Å². The molecule has 0 spiro atoms. The molecule has 19 heavy (non-hydrogen) atoms. The average Bonchev–Trinajstić information content (AvgIpc) is 2.38. The third kappa shape index (κ3) is 2.63. The maximum Gasteiger partial charge on any atom is 0.224 e. The minimum absolute atomic E-state index is 0.00176. The Bertz CT molecular complexity index is 649. The number of benzene rings is 1. The summed E-state index contributed by atoms with van der Waals surface area (Å²) in [6, 6.07) is 9.12. The summed E-state index contributed by atoms with van der Waals surface area (Å²) in [7, 11) is 1.57. The van der Waals surface area contributed by atoms with Crippen LogP contribution in [0, 0.1) is 11.3 Å². The van der Waals surface area contributed by atoms with Crippen LogP contribution in [0.25, 0.3) is 0 Å². The van der Waals surface area contributed by atoms with Crippen molar-refractivity contribution in [1.29, 1.82) is 5.26 Å². The van der Waals surface area contributed by atoms with E-state index < -0.39 is 0 Å². The van der Waals surface area contributed by atoms with Gasteiger partial charge in [-0.1, -0.05) is 6.07 Å². The van der Waals surface area contributed by atoms with Crippen LogP contribution in [0.2, 0.25) is 0 Å². The number of anilines is 4. The van der Waals surface area contributed by atoms with Crippen LogP contribution in [-0.2, 0) is 0 Å². The van der Waals surface area contributed by atoms with E-state index in [0.717, 1.165) is 0 Å². The summed E-state index contributed by atoms with van der Waals surface area (Å²) >= 11 is 0. The molecule has 5 N–H and O–H groups in total. The van der Waals surface area contributed by atoms with E-state index >= 15 is 0 Å². The molecule has 0 unspecified atom stereocenters. The van der Waals surface area contributed by atoms with Crippen molar-refractivity contribution >= 4 is 23.3 Å². The Morgan fingerprint density at radius 3 is 2.79 bits per heavy atom. The number of methoxy groups -OCH3 is 1. The van der Waals surface area contributed by atoms with Gasteiger partial charge < -0.3 is 21.5 Å². The Kier molecular flexibility index (Phi) is 3.34. The van der Waals surface area contributed by atoms with E-state index in [1.807, 2.05) is 6.07 Å². The minimum atomic E-state index is 0.00176. The molecule has 7 nitrogen and oxygen atoms in total. The van der Waals surface area contributed by atoms with Crippen molar-refractivity contribution in [2.75, 3.05) is 23.9 Å². The third-order valence-electron chi connectivity index (χ3n) is 2.40. The molecule has 7 heteroatoms. The zero-order chi connectivity index (χ0) is 13.8. The second-order valence-corrected chi connectivity index (χ2v) is 3.66. The molecule has 1 heterocycles. The molecule has 0 aliphatic carbocycles. The Labute approximate surface area is 109 Å². The predicted octanol–water partition coefficient (Wildman–Crippen LogP) is 1.26. The quantitative estimate of drug-likeness (QED) is 0.755. The Balaban J connectivity index is 2.40. The molecule has 0 radical (unpaired) electrons. The highest BCUT2D eigenvalue weighted by molar-refractivity contribution is 5.70. The number of nitrogen functional groups attached to an aromatic ring is 2. The summed E-state index contributed by atoms with van der Waals surface area (Å²) in [5.41, 5.74) is 12.0. The van der Waals surface area contributed by atoms with Crippen molar-refractivity contribution in [3.8, 4) is 11.8 Å². The lowest BCUT2D eigenvalue weighted by Gasteiger charge is -2.10. The van der Waals surface area contributed by atoms with Crippen molar-refractivity contribution in [3.63, 3.8) is 0 Å². The van der Waals surface area contributed by atoms with Gasteiger partial charge in [0.15, 0.2) is 5.82 Å². The lowest BCUT2D eigenvalue weighted by atomic mass is 10.2. The fourth-order valence-corrected chi connectivity index (χ4v) is 1.53. The molecule has 0 saturated carbocycles. The molecule has 2 rings (SSSR count). The summed E-state index contributed by atoms with van der Waals surface area (Å²) in [5, 5.41) is 12.0. The lowest BCUT2D eigenvalue weighted by molar-refractivity contribution is 0.415. The van der Waals surface area contributed by atoms with Gasteiger partial charge in [-0.15, -0.1) is 0 Å². The Morgan fingerprint density at radius 1 is 1.32 bits per heavy atom. The van der Waals surface area contributed by atoms with E-state index in [9.17, 15) is 0 Å². The molecule has 0 aliphatic heterocycles. The minimum Gasteiger partial charge on any atom is -0.497 e. The number of hydrogen-bond acceptors (Lipinski definition) is 7.